The van der Waals surface area contributed by atoms with E-state index in [2.05, 4.69) is 20.6 Å². The van der Waals surface area contributed by atoms with Crippen LogP contribution in [0.2, 0.25) is 0 Å². The van der Waals surface area contributed by atoms with Gasteiger partial charge < -0.3 is 15.4 Å². The predicted octanol–water partition coefficient (Wildman–Crippen LogP) is 2.77. The van der Waals surface area contributed by atoms with Gasteiger partial charge in [-0.2, -0.15) is 10.2 Å². The summed E-state index contributed by atoms with van der Waals surface area (Å²) in [5.74, 6) is -0.297. The van der Waals surface area contributed by atoms with E-state index in [0.29, 0.717) is 17.1 Å². The second-order valence-corrected chi connectivity index (χ2v) is 6.15. The number of carbonyl (C=O) groups is 1. The van der Waals surface area contributed by atoms with E-state index in [9.17, 15) is 4.79 Å². The standard InChI is InChI=1S/C19H22N6O2/c1-12(2)27-17-9-13(14-10-22-25(4)11-14)5-6-15(17)23-16-7-8-21-24-18(16)19(26)20-3/h5-12H,1-4H3,(H,20,26)(H,21,23)/i3D3. The monoisotopic (exact) mass is 369 g/mol. The Hall–Kier alpha value is -3.42. The molecule has 2 aromatic heterocycles. The van der Waals surface area contributed by atoms with E-state index in [0.717, 1.165) is 11.1 Å². The number of amides is 1. The first-order valence-corrected chi connectivity index (χ1v) is 8.33. The SMILES string of the molecule is [2H]C([2H])([2H])NC(=O)c1nnccc1Nc1ccc(-c2cnn(C)c2)cc1OC(C)C. The lowest BCUT2D eigenvalue weighted by molar-refractivity contribution is 0.0958. The number of aryl methyl sites for hydroxylation is 1. The van der Waals surface area contributed by atoms with Crippen molar-refractivity contribution < 1.29 is 13.6 Å². The molecule has 27 heavy (non-hydrogen) atoms. The van der Waals surface area contributed by atoms with Gasteiger partial charge in [0, 0.05) is 29.9 Å². The number of anilines is 2. The minimum absolute atomic E-state index is 0.0939. The lowest BCUT2D eigenvalue weighted by Crippen LogP contribution is -2.21. The van der Waals surface area contributed by atoms with Gasteiger partial charge in [0.2, 0.25) is 0 Å². The molecular weight excluding hydrogens is 344 g/mol. The van der Waals surface area contributed by atoms with Crippen molar-refractivity contribution in [3.63, 3.8) is 0 Å². The molecular formula is C19H22N6O2. The predicted molar refractivity (Wildman–Crippen MR) is 103 cm³/mol. The number of ether oxygens (including phenoxy) is 1. The van der Waals surface area contributed by atoms with Crippen LogP contribution in [0.4, 0.5) is 11.4 Å². The van der Waals surface area contributed by atoms with Crippen molar-refractivity contribution in [1.82, 2.24) is 25.3 Å². The zero-order chi connectivity index (χ0) is 21.9. The topological polar surface area (TPSA) is 94.0 Å². The smallest absolute Gasteiger partial charge is 0.273 e. The van der Waals surface area contributed by atoms with Crippen LogP contribution in [0.5, 0.6) is 5.75 Å². The van der Waals surface area contributed by atoms with Gasteiger partial charge >= 0.3 is 0 Å². The quantitative estimate of drug-likeness (QED) is 0.694. The molecule has 3 rings (SSSR count). The van der Waals surface area contributed by atoms with Gasteiger partial charge in [-0.15, -0.1) is 5.10 Å². The molecule has 0 saturated heterocycles. The van der Waals surface area contributed by atoms with Crippen molar-refractivity contribution in [1.29, 1.82) is 0 Å². The Morgan fingerprint density at radius 1 is 1.26 bits per heavy atom. The highest BCUT2D eigenvalue weighted by molar-refractivity contribution is 5.98. The molecule has 8 heteroatoms. The van der Waals surface area contributed by atoms with E-state index < -0.39 is 12.9 Å². The molecule has 0 unspecified atom stereocenters. The molecule has 0 saturated carbocycles. The fraction of sp³-hybridized carbons (Fsp3) is 0.263. The van der Waals surface area contributed by atoms with Gasteiger partial charge in [0.05, 0.1) is 29.9 Å². The molecule has 0 aliphatic carbocycles. The normalized spacial score (nSPS) is 12.8. The van der Waals surface area contributed by atoms with Crippen molar-refractivity contribution in [3.05, 3.63) is 48.5 Å². The van der Waals surface area contributed by atoms with Gasteiger partial charge in [0.1, 0.15) is 5.75 Å². The van der Waals surface area contributed by atoms with Crippen LogP contribution in [0.15, 0.2) is 42.9 Å². The molecule has 0 aliphatic heterocycles. The molecule has 0 spiro atoms. The van der Waals surface area contributed by atoms with Crippen molar-refractivity contribution in [2.75, 3.05) is 12.3 Å². The van der Waals surface area contributed by atoms with Crippen LogP contribution >= 0.6 is 0 Å². The molecule has 0 atom stereocenters. The summed E-state index contributed by atoms with van der Waals surface area (Å²) in [4.78, 5) is 12.3. The Morgan fingerprint density at radius 2 is 2.11 bits per heavy atom. The maximum absolute atomic E-state index is 12.3. The lowest BCUT2D eigenvalue weighted by atomic mass is 10.1. The van der Waals surface area contributed by atoms with E-state index in [1.807, 2.05) is 50.6 Å². The maximum atomic E-state index is 12.3. The van der Waals surface area contributed by atoms with Gasteiger partial charge in [0.25, 0.3) is 5.91 Å². The second-order valence-electron chi connectivity index (χ2n) is 6.15. The molecule has 8 nitrogen and oxygen atoms in total. The third-order valence-corrected chi connectivity index (χ3v) is 3.70. The van der Waals surface area contributed by atoms with Crippen molar-refractivity contribution >= 4 is 17.3 Å². The van der Waals surface area contributed by atoms with Crippen LogP contribution < -0.4 is 15.4 Å². The first-order chi connectivity index (χ1) is 14.1. The van der Waals surface area contributed by atoms with Gasteiger partial charge in [-0.05, 0) is 37.6 Å². The summed E-state index contributed by atoms with van der Waals surface area (Å²) < 4.78 is 29.3. The summed E-state index contributed by atoms with van der Waals surface area (Å²) in [6, 6.07) is 7.11. The number of benzene rings is 1. The first-order valence-electron chi connectivity index (χ1n) is 9.83. The maximum Gasteiger partial charge on any atom is 0.273 e. The highest BCUT2D eigenvalue weighted by Crippen LogP contribution is 2.34. The average Bonchev–Trinajstić information content (AvgIpc) is 3.08. The van der Waals surface area contributed by atoms with Crippen LogP contribution in [-0.2, 0) is 7.05 Å². The lowest BCUT2D eigenvalue weighted by Gasteiger charge is -2.17. The van der Waals surface area contributed by atoms with Crippen molar-refractivity contribution in [3.8, 4) is 16.9 Å². The number of hydrogen-bond acceptors (Lipinski definition) is 6. The Morgan fingerprint density at radius 3 is 2.81 bits per heavy atom. The summed E-state index contributed by atoms with van der Waals surface area (Å²) >= 11 is 0. The van der Waals surface area contributed by atoms with E-state index in [4.69, 9.17) is 8.85 Å². The van der Waals surface area contributed by atoms with E-state index >= 15 is 0 Å². The fourth-order valence-electron chi connectivity index (χ4n) is 2.53. The first kappa shape index (κ1) is 14.7. The van der Waals surface area contributed by atoms with Crippen LogP contribution in [0, 0.1) is 0 Å². The minimum Gasteiger partial charge on any atom is -0.489 e. The number of carbonyl (C=O) groups excluding carboxylic acids is 1. The molecule has 0 aliphatic rings. The third kappa shape index (κ3) is 4.22. The van der Waals surface area contributed by atoms with Crippen LogP contribution in [0.3, 0.4) is 0 Å². The zero-order valence-corrected chi connectivity index (χ0v) is 15.2. The number of nitrogens with zero attached hydrogens (tertiary/aromatic N) is 4. The summed E-state index contributed by atoms with van der Waals surface area (Å²) in [6.07, 6.45) is 4.96. The molecule has 3 aromatic rings. The molecule has 2 N–H and O–H groups in total. The van der Waals surface area contributed by atoms with Crippen molar-refractivity contribution in [2.24, 2.45) is 7.05 Å². The van der Waals surface area contributed by atoms with E-state index in [1.54, 1.807) is 10.9 Å². The molecule has 2 heterocycles. The summed E-state index contributed by atoms with van der Waals surface area (Å²) in [5.41, 5.74) is 2.60. The summed E-state index contributed by atoms with van der Waals surface area (Å²) in [5, 5.41) is 16.7. The van der Waals surface area contributed by atoms with E-state index in [-0.39, 0.29) is 11.8 Å². The van der Waals surface area contributed by atoms with Gasteiger partial charge in [-0.3, -0.25) is 9.48 Å². The molecule has 0 bridgehead atoms. The molecule has 0 radical (unpaired) electrons. The van der Waals surface area contributed by atoms with Crippen LogP contribution in [0.25, 0.3) is 11.1 Å². The number of aromatic nitrogens is 4. The van der Waals surface area contributed by atoms with Crippen molar-refractivity contribution in [2.45, 2.75) is 20.0 Å². The molecule has 0 fully saturated rings. The molecule has 1 aromatic carbocycles. The Kier molecular flexibility index (Phi) is 4.28. The number of rotatable bonds is 6. The highest BCUT2D eigenvalue weighted by Gasteiger charge is 2.15. The fourth-order valence-corrected chi connectivity index (χ4v) is 2.53. The average molecular weight is 369 g/mol. The van der Waals surface area contributed by atoms with Crippen LogP contribution in [-0.4, -0.2) is 39.0 Å². The molecule has 140 valence electrons. The third-order valence-electron chi connectivity index (χ3n) is 3.70. The van der Waals surface area contributed by atoms with Gasteiger partial charge in [0.15, 0.2) is 5.69 Å². The van der Waals surface area contributed by atoms with E-state index in [1.165, 1.54) is 12.3 Å². The largest absolute Gasteiger partial charge is 0.489 e. The zero-order valence-electron chi connectivity index (χ0n) is 18.2. The van der Waals surface area contributed by atoms with Gasteiger partial charge in [-0.25, -0.2) is 0 Å². The number of hydrogen-bond donors (Lipinski definition) is 2. The summed E-state index contributed by atoms with van der Waals surface area (Å²) in [6.45, 7) is 1.18. The minimum atomic E-state index is -2.64. The number of nitrogens with one attached hydrogen (secondary N) is 2. The Balaban J connectivity index is 1.95. The van der Waals surface area contributed by atoms with Gasteiger partial charge in [-0.1, -0.05) is 6.07 Å². The van der Waals surface area contributed by atoms with Crippen LogP contribution in [0.1, 0.15) is 28.4 Å². The summed E-state index contributed by atoms with van der Waals surface area (Å²) in [7, 11) is 1.84. The Labute approximate surface area is 161 Å². The Bertz CT molecular complexity index is 1050. The second kappa shape index (κ2) is 7.86. The highest BCUT2D eigenvalue weighted by atomic mass is 16.5. The molecule has 1 amide bonds.